The average Bonchev–Trinajstić information content (AvgIpc) is 3.38. The first-order valence-corrected chi connectivity index (χ1v) is 8.80. The van der Waals surface area contributed by atoms with Gasteiger partial charge >= 0.3 is 0 Å². The fourth-order valence-corrected chi connectivity index (χ4v) is 2.81. The summed E-state index contributed by atoms with van der Waals surface area (Å²) in [6.45, 7) is 6.64. The third kappa shape index (κ3) is 4.19. The predicted octanol–water partition coefficient (Wildman–Crippen LogP) is 3.66. The molecule has 2 fully saturated rings. The number of rotatable bonds is 9. The Kier molecular flexibility index (Phi) is 4.79. The van der Waals surface area contributed by atoms with Gasteiger partial charge in [0, 0.05) is 30.9 Å². The Morgan fingerprint density at radius 3 is 2.62 bits per heavy atom. The highest BCUT2D eigenvalue weighted by atomic mass is 15.2. The standard InChI is InChI=1S/C18H29N3/c1-3-5-10-21(17-8-9-17)18-12-14(11-15(4-2)20-18)13-19-16-6-7-16/h11-12,16-17,19H,3-10,13H2,1-2H3. The molecule has 0 aromatic carbocycles. The van der Waals surface area contributed by atoms with Crippen molar-refractivity contribution >= 4 is 5.82 Å². The average molecular weight is 287 g/mol. The van der Waals surface area contributed by atoms with Crippen LogP contribution in [0.4, 0.5) is 5.82 Å². The predicted molar refractivity (Wildman–Crippen MR) is 88.8 cm³/mol. The van der Waals surface area contributed by atoms with Gasteiger partial charge in [0.05, 0.1) is 0 Å². The minimum atomic E-state index is 0.750. The first kappa shape index (κ1) is 14.8. The van der Waals surface area contributed by atoms with Gasteiger partial charge in [-0.1, -0.05) is 20.3 Å². The topological polar surface area (TPSA) is 28.2 Å². The number of aromatic nitrogens is 1. The van der Waals surface area contributed by atoms with Crippen molar-refractivity contribution in [2.45, 2.75) is 77.4 Å². The zero-order chi connectivity index (χ0) is 14.7. The zero-order valence-electron chi connectivity index (χ0n) is 13.6. The molecule has 0 bridgehead atoms. The highest BCUT2D eigenvalue weighted by Gasteiger charge is 2.30. The molecule has 116 valence electrons. The second kappa shape index (κ2) is 6.78. The molecule has 0 amide bonds. The SMILES string of the molecule is CCCCN(c1cc(CNC2CC2)cc(CC)n1)C1CC1. The molecule has 1 aromatic heterocycles. The smallest absolute Gasteiger partial charge is 0.129 e. The molecule has 0 radical (unpaired) electrons. The lowest BCUT2D eigenvalue weighted by Crippen LogP contribution is -2.28. The van der Waals surface area contributed by atoms with Gasteiger partial charge < -0.3 is 10.2 Å². The minimum absolute atomic E-state index is 0.750. The molecular formula is C18H29N3. The van der Waals surface area contributed by atoms with E-state index in [2.05, 4.69) is 36.2 Å². The maximum absolute atomic E-state index is 4.91. The van der Waals surface area contributed by atoms with E-state index in [0.717, 1.165) is 31.6 Å². The van der Waals surface area contributed by atoms with E-state index in [9.17, 15) is 0 Å². The van der Waals surface area contributed by atoms with E-state index in [1.165, 1.54) is 55.6 Å². The van der Waals surface area contributed by atoms with Crippen LogP contribution < -0.4 is 10.2 Å². The van der Waals surface area contributed by atoms with Crippen molar-refractivity contribution in [1.29, 1.82) is 0 Å². The summed E-state index contributed by atoms with van der Waals surface area (Å²) in [5, 5.41) is 3.63. The van der Waals surface area contributed by atoms with E-state index in [1.54, 1.807) is 0 Å². The maximum Gasteiger partial charge on any atom is 0.129 e. The number of nitrogens with zero attached hydrogens (tertiary/aromatic N) is 2. The quantitative estimate of drug-likeness (QED) is 0.751. The highest BCUT2D eigenvalue weighted by molar-refractivity contribution is 5.45. The van der Waals surface area contributed by atoms with E-state index >= 15 is 0 Å². The molecule has 0 unspecified atom stereocenters. The van der Waals surface area contributed by atoms with Gasteiger partial charge in [-0.3, -0.25) is 0 Å². The van der Waals surface area contributed by atoms with E-state index in [0.29, 0.717) is 0 Å². The molecule has 3 rings (SSSR count). The van der Waals surface area contributed by atoms with Gasteiger partial charge in [-0.2, -0.15) is 0 Å². The summed E-state index contributed by atoms with van der Waals surface area (Å²) < 4.78 is 0. The molecule has 0 atom stereocenters. The van der Waals surface area contributed by atoms with Crippen molar-refractivity contribution in [3.05, 3.63) is 23.4 Å². The molecule has 1 N–H and O–H groups in total. The fourth-order valence-electron chi connectivity index (χ4n) is 2.81. The minimum Gasteiger partial charge on any atom is -0.354 e. The molecule has 2 saturated carbocycles. The van der Waals surface area contributed by atoms with Gasteiger partial charge in [-0.25, -0.2) is 4.98 Å². The molecule has 2 aliphatic rings. The number of hydrogen-bond acceptors (Lipinski definition) is 3. The van der Waals surface area contributed by atoms with Crippen molar-refractivity contribution < 1.29 is 0 Å². The number of anilines is 1. The summed E-state index contributed by atoms with van der Waals surface area (Å²) in [4.78, 5) is 7.47. The second-order valence-electron chi connectivity index (χ2n) is 6.61. The Labute approximate surface area is 129 Å². The number of nitrogens with one attached hydrogen (secondary N) is 1. The third-order valence-electron chi connectivity index (χ3n) is 4.49. The van der Waals surface area contributed by atoms with Crippen molar-refractivity contribution in [3.63, 3.8) is 0 Å². The number of hydrogen-bond donors (Lipinski definition) is 1. The van der Waals surface area contributed by atoms with Crippen LogP contribution in [0.5, 0.6) is 0 Å². The second-order valence-corrected chi connectivity index (χ2v) is 6.61. The Bertz CT molecular complexity index is 464. The molecule has 3 nitrogen and oxygen atoms in total. The Hall–Kier alpha value is -1.09. The van der Waals surface area contributed by atoms with E-state index in [1.807, 2.05) is 0 Å². The lowest BCUT2D eigenvalue weighted by atomic mass is 10.1. The summed E-state index contributed by atoms with van der Waals surface area (Å²) in [5.41, 5.74) is 2.65. The molecule has 0 aliphatic heterocycles. The first-order valence-electron chi connectivity index (χ1n) is 8.80. The molecule has 0 spiro atoms. The molecule has 1 aromatic rings. The van der Waals surface area contributed by atoms with E-state index < -0.39 is 0 Å². The monoisotopic (exact) mass is 287 g/mol. The summed E-state index contributed by atoms with van der Waals surface area (Å²) in [6.07, 6.45) is 8.94. The summed E-state index contributed by atoms with van der Waals surface area (Å²) in [7, 11) is 0. The van der Waals surface area contributed by atoms with Crippen LogP contribution in [0, 0.1) is 0 Å². The third-order valence-corrected chi connectivity index (χ3v) is 4.49. The lowest BCUT2D eigenvalue weighted by molar-refractivity contribution is 0.679. The van der Waals surface area contributed by atoms with Crippen molar-refractivity contribution in [3.8, 4) is 0 Å². The van der Waals surface area contributed by atoms with Gasteiger partial charge in [-0.15, -0.1) is 0 Å². The molecule has 1 heterocycles. The Balaban J connectivity index is 1.75. The van der Waals surface area contributed by atoms with Crippen LogP contribution in [-0.2, 0) is 13.0 Å². The highest BCUT2D eigenvalue weighted by Crippen LogP contribution is 2.31. The van der Waals surface area contributed by atoms with E-state index in [4.69, 9.17) is 4.98 Å². The number of aryl methyl sites for hydroxylation is 1. The summed E-state index contributed by atoms with van der Waals surface area (Å²) in [6, 6.07) is 6.12. The normalized spacial score (nSPS) is 18.0. The molecular weight excluding hydrogens is 258 g/mol. The molecule has 3 heteroatoms. The number of unbranched alkanes of at least 4 members (excludes halogenated alkanes) is 1. The number of pyridine rings is 1. The Morgan fingerprint density at radius 1 is 1.19 bits per heavy atom. The van der Waals surface area contributed by atoms with Crippen molar-refractivity contribution in [2.24, 2.45) is 0 Å². The van der Waals surface area contributed by atoms with Gasteiger partial charge in [-0.05, 0) is 56.2 Å². The van der Waals surface area contributed by atoms with Gasteiger partial charge in [0.25, 0.3) is 0 Å². The van der Waals surface area contributed by atoms with Crippen molar-refractivity contribution in [1.82, 2.24) is 10.3 Å². The van der Waals surface area contributed by atoms with Crippen molar-refractivity contribution in [2.75, 3.05) is 11.4 Å². The largest absolute Gasteiger partial charge is 0.354 e. The molecule has 2 aliphatic carbocycles. The maximum atomic E-state index is 4.91. The first-order chi connectivity index (χ1) is 10.3. The van der Waals surface area contributed by atoms with Gasteiger partial charge in [0.1, 0.15) is 5.82 Å². The van der Waals surface area contributed by atoms with Gasteiger partial charge in [0.2, 0.25) is 0 Å². The zero-order valence-corrected chi connectivity index (χ0v) is 13.6. The summed E-state index contributed by atoms with van der Waals surface area (Å²) >= 11 is 0. The van der Waals surface area contributed by atoms with Crippen LogP contribution >= 0.6 is 0 Å². The van der Waals surface area contributed by atoms with Crippen LogP contribution in [0.1, 0.15) is 63.6 Å². The van der Waals surface area contributed by atoms with Crippen LogP contribution in [0.15, 0.2) is 12.1 Å². The van der Waals surface area contributed by atoms with Crippen LogP contribution in [0.2, 0.25) is 0 Å². The van der Waals surface area contributed by atoms with Crippen LogP contribution in [0.25, 0.3) is 0 Å². The lowest BCUT2D eigenvalue weighted by Gasteiger charge is -2.24. The summed E-state index contributed by atoms with van der Waals surface area (Å²) in [5.74, 6) is 1.22. The van der Waals surface area contributed by atoms with Crippen LogP contribution in [-0.4, -0.2) is 23.6 Å². The molecule has 21 heavy (non-hydrogen) atoms. The van der Waals surface area contributed by atoms with Crippen LogP contribution in [0.3, 0.4) is 0 Å². The van der Waals surface area contributed by atoms with E-state index in [-0.39, 0.29) is 0 Å². The van der Waals surface area contributed by atoms with Gasteiger partial charge in [0.15, 0.2) is 0 Å². The fraction of sp³-hybridized carbons (Fsp3) is 0.722. The Morgan fingerprint density at radius 2 is 2.00 bits per heavy atom. The molecule has 0 saturated heterocycles.